The molecule has 0 aromatic rings. The first-order valence-electron chi connectivity index (χ1n) is 4.45. The van der Waals surface area contributed by atoms with Gasteiger partial charge in [0.2, 0.25) is 0 Å². The van der Waals surface area contributed by atoms with Crippen LogP contribution in [0.1, 0.15) is 40.0 Å². The normalized spacial score (nSPS) is 12.2. The van der Waals surface area contributed by atoms with Gasteiger partial charge in [-0.3, -0.25) is 4.79 Å². The largest absolute Gasteiger partial charge is 0.300 e. The third kappa shape index (κ3) is 6.20. The summed E-state index contributed by atoms with van der Waals surface area (Å²) in [7, 11) is 0. The van der Waals surface area contributed by atoms with E-state index in [1.165, 1.54) is 13.8 Å². The van der Waals surface area contributed by atoms with Gasteiger partial charge in [0, 0.05) is 25.2 Å². The van der Waals surface area contributed by atoms with Crippen molar-refractivity contribution >= 4 is 17.3 Å². The molecule has 3 heteroatoms. The molecule has 0 fully saturated rings. The number of carbonyl (C=O) groups excluding carboxylic acids is 3. The maximum atomic E-state index is 11.3. The first-order chi connectivity index (χ1) is 5.93. The molecule has 0 aliphatic carbocycles. The summed E-state index contributed by atoms with van der Waals surface area (Å²) in [4.78, 5) is 32.5. The molecule has 0 rings (SSSR count). The van der Waals surface area contributed by atoms with E-state index < -0.39 is 0 Å². The van der Waals surface area contributed by atoms with Crippen LogP contribution in [0.15, 0.2) is 0 Å². The van der Waals surface area contributed by atoms with Crippen LogP contribution in [-0.4, -0.2) is 17.3 Å². The van der Waals surface area contributed by atoms with Crippen LogP contribution in [0.25, 0.3) is 0 Å². The van der Waals surface area contributed by atoms with E-state index in [9.17, 15) is 14.4 Å². The molecule has 13 heavy (non-hydrogen) atoms. The predicted octanol–water partition coefficient (Wildman–Crippen LogP) is 1.54. The smallest absolute Gasteiger partial charge is 0.136 e. The van der Waals surface area contributed by atoms with E-state index in [4.69, 9.17) is 0 Å². The van der Waals surface area contributed by atoms with Crippen molar-refractivity contribution in [3.8, 4) is 0 Å². The second-order valence-corrected chi connectivity index (χ2v) is 3.48. The lowest BCUT2D eigenvalue weighted by Crippen LogP contribution is -2.14. The van der Waals surface area contributed by atoms with Crippen LogP contribution >= 0.6 is 0 Å². The summed E-state index contributed by atoms with van der Waals surface area (Å²) >= 11 is 0. The molecule has 0 aliphatic heterocycles. The van der Waals surface area contributed by atoms with Gasteiger partial charge in [-0.2, -0.15) is 0 Å². The molecule has 0 aliphatic rings. The third-order valence-corrected chi connectivity index (χ3v) is 1.87. The highest BCUT2D eigenvalue weighted by molar-refractivity contribution is 5.89. The van der Waals surface area contributed by atoms with Crippen molar-refractivity contribution in [1.82, 2.24) is 0 Å². The Morgan fingerprint density at radius 1 is 1.00 bits per heavy atom. The summed E-state index contributed by atoms with van der Waals surface area (Å²) in [6.45, 7) is 4.65. The first-order valence-corrected chi connectivity index (χ1v) is 4.45. The molecular weight excluding hydrogens is 168 g/mol. The van der Waals surface area contributed by atoms with E-state index in [1.54, 1.807) is 6.92 Å². The van der Waals surface area contributed by atoms with Gasteiger partial charge in [-0.1, -0.05) is 6.92 Å². The zero-order chi connectivity index (χ0) is 10.4. The van der Waals surface area contributed by atoms with Gasteiger partial charge < -0.3 is 9.59 Å². The van der Waals surface area contributed by atoms with Gasteiger partial charge in [-0.25, -0.2) is 0 Å². The number of carbonyl (C=O) groups is 3. The van der Waals surface area contributed by atoms with E-state index in [-0.39, 0.29) is 36.1 Å². The fourth-order valence-corrected chi connectivity index (χ4v) is 1.09. The van der Waals surface area contributed by atoms with Gasteiger partial charge in [0.15, 0.2) is 0 Å². The summed E-state index contributed by atoms with van der Waals surface area (Å²) in [5, 5.41) is 0. The molecule has 0 heterocycles. The Balaban J connectivity index is 3.82. The summed E-state index contributed by atoms with van der Waals surface area (Å²) in [5.74, 6) is -0.200. The Kier molecular flexibility index (Phi) is 5.19. The number of rotatable bonds is 6. The highest BCUT2D eigenvalue weighted by Crippen LogP contribution is 2.08. The minimum atomic E-state index is -0.239. The molecule has 0 N–H and O–H groups in total. The monoisotopic (exact) mass is 184 g/mol. The number of Topliss-reactive ketones (excluding diaryl/α,β-unsaturated/α-hetero) is 3. The second-order valence-electron chi connectivity index (χ2n) is 3.48. The Morgan fingerprint density at radius 3 is 1.92 bits per heavy atom. The lowest BCUT2D eigenvalue weighted by molar-refractivity contribution is -0.128. The Bertz CT molecular complexity index is 218. The van der Waals surface area contributed by atoms with Crippen molar-refractivity contribution in [2.45, 2.75) is 40.0 Å². The van der Waals surface area contributed by atoms with E-state index in [0.29, 0.717) is 6.42 Å². The van der Waals surface area contributed by atoms with Crippen molar-refractivity contribution in [3.05, 3.63) is 0 Å². The predicted molar refractivity (Wildman–Crippen MR) is 49.4 cm³/mol. The highest BCUT2D eigenvalue weighted by Gasteiger charge is 2.14. The van der Waals surface area contributed by atoms with Gasteiger partial charge >= 0.3 is 0 Å². The lowest BCUT2D eigenvalue weighted by Gasteiger charge is -2.06. The molecule has 0 saturated heterocycles. The fraction of sp³-hybridized carbons (Fsp3) is 0.700. The third-order valence-electron chi connectivity index (χ3n) is 1.87. The van der Waals surface area contributed by atoms with Crippen LogP contribution in [-0.2, 0) is 14.4 Å². The molecule has 0 amide bonds. The first kappa shape index (κ1) is 12.0. The molecule has 0 saturated carbocycles. The van der Waals surface area contributed by atoms with Crippen molar-refractivity contribution in [1.29, 1.82) is 0 Å². The quantitative estimate of drug-likeness (QED) is 0.629. The van der Waals surface area contributed by atoms with Crippen LogP contribution in [0.4, 0.5) is 0 Å². The molecule has 0 radical (unpaired) electrons. The molecular formula is C10H16O3. The van der Waals surface area contributed by atoms with E-state index >= 15 is 0 Å². The Labute approximate surface area is 78.5 Å². The number of ketones is 3. The van der Waals surface area contributed by atoms with Crippen LogP contribution in [0, 0.1) is 5.92 Å². The summed E-state index contributed by atoms with van der Waals surface area (Å²) in [6.07, 6.45) is 0.849. The van der Waals surface area contributed by atoms with Gasteiger partial charge in [0.1, 0.15) is 17.3 Å². The molecule has 74 valence electrons. The van der Waals surface area contributed by atoms with Crippen LogP contribution in [0.3, 0.4) is 0 Å². The summed E-state index contributed by atoms with van der Waals surface area (Å²) in [6, 6.07) is 0. The average Bonchev–Trinajstić information content (AvgIpc) is 1.98. The van der Waals surface area contributed by atoms with Crippen molar-refractivity contribution < 1.29 is 14.4 Å². The standard InChI is InChI=1S/C10H16O3/c1-7(6-9(3)12)10(13)5-4-8(2)11/h7H,4-6H2,1-3H3. The lowest BCUT2D eigenvalue weighted by atomic mass is 9.96. The minimum Gasteiger partial charge on any atom is -0.300 e. The minimum absolute atomic E-state index is 0.00500. The average molecular weight is 184 g/mol. The van der Waals surface area contributed by atoms with E-state index in [1.807, 2.05) is 0 Å². The van der Waals surface area contributed by atoms with E-state index in [2.05, 4.69) is 0 Å². The number of hydrogen-bond donors (Lipinski definition) is 0. The zero-order valence-electron chi connectivity index (χ0n) is 8.42. The second kappa shape index (κ2) is 5.62. The van der Waals surface area contributed by atoms with Crippen molar-refractivity contribution in [2.24, 2.45) is 5.92 Å². The topological polar surface area (TPSA) is 51.2 Å². The number of hydrogen-bond acceptors (Lipinski definition) is 3. The molecule has 0 bridgehead atoms. The SMILES string of the molecule is CC(=O)CCC(=O)C(C)CC(C)=O. The maximum absolute atomic E-state index is 11.3. The molecule has 3 nitrogen and oxygen atoms in total. The molecule has 1 unspecified atom stereocenters. The van der Waals surface area contributed by atoms with Gasteiger partial charge in [-0.15, -0.1) is 0 Å². The highest BCUT2D eigenvalue weighted by atomic mass is 16.1. The van der Waals surface area contributed by atoms with Gasteiger partial charge in [0.25, 0.3) is 0 Å². The molecule has 1 atom stereocenters. The zero-order valence-corrected chi connectivity index (χ0v) is 8.42. The molecule has 0 spiro atoms. The summed E-state index contributed by atoms with van der Waals surface area (Å²) < 4.78 is 0. The van der Waals surface area contributed by atoms with Gasteiger partial charge in [0.05, 0.1) is 0 Å². The fourth-order valence-electron chi connectivity index (χ4n) is 1.09. The summed E-state index contributed by atoms with van der Waals surface area (Å²) in [5.41, 5.74) is 0. The van der Waals surface area contributed by atoms with E-state index in [0.717, 1.165) is 0 Å². The van der Waals surface area contributed by atoms with Crippen molar-refractivity contribution in [3.63, 3.8) is 0 Å². The Hall–Kier alpha value is -0.990. The Morgan fingerprint density at radius 2 is 1.54 bits per heavy atom. The molecule has 0 aromatic carbocycles. The van der Waals surface area contributed by atoms with Crippen molar-refractivity contribution in [2.75, 3.05) is 0 Å². The van der Waals surface area contributed by atoms with Crippen LogP contribution in [0.5, 0.6) is 0 Å². The van der Waals surface area contributed by atoms with Crippen LogP contribution in [0.2, 0.25) is 0 Å². The molecule has 0 aromatic heterocycles. The maximum Gasteiger partial charge on any atom is 0.136 e. The van der Waals surface area contributed by atoms with Gasteiger partial charge in [-0.05, 0) is 13.8 Å². The van der Waals surface area contributed by atoms with Crippen LogP contribution < -0.4 is 0 Å².